The van der Waals surface area contributed by atoms with Gasteiger partial charge in [-0.3, -0.25) is 0 Å². The number of hydrogen-bond acceptors (Lipinski definition) is 2. The maximum Gasteiger partial charge on any atom is 0.326 e. The Hall–Kier alpha value is -2.11. The third-order valence-electron chi connectivity index (χ3n) is 2.72. The number of halogens is 1. The summed E-state index contributed by atoms with van der Waals surface area (Å²) < 4.78 is 13.4. The van der Waals surface area contributed by atoms with Crippen molar-refractivity contribution < 1.29 is 19.1 Å². The zero-order valence-corrected chi connectivity index (χ0v) is 10.9. The highest BCUT2D eigenvalue weighted by Gasteiger charge is 2.20. The number of benzene rings is 1. The number of hydrogen-bond donors (Lipinski definition) is 2. The zero-order chi connectivity index (χ0) is 14.4. The van der Waals surface area contributed by atoms with Crippen LogP contribution in [0.2, 0.25) is 0 Å². The van der Waals surface area contributed by atoms with E-state index in [-0.39, 0.29) is 13.0 Å². The molecule has 19 heavy (non-hydrogen) atoms. The smallest absolute Gasteiger partial charge is 0.326 e. The second kappa shape index (κ2) is 6.72. The van der Waals surface area contributed by atoms with Gasteiger partial charge in [0.15, 0.2) is 0 Å². The quantitative estimate of drug-likeness (QED) is 0.856. The maximum atomic E-state index is 13.4. The van der Waals surface area contributed by atoms with Crippen LogP contribution in [-0.4, -0.2) is 35.1 Å². The van der Waals surface area contributed by atoms with Crippen LogP contribution in [-0.2, 0) is 11.3 Å². The molecule has 0 saturated heterocycles. The van der Waals surface area contributed by atoms with Gasteiger partial charge in [-0.15, -0.1) is 0 Å². The number of amides is 2. The maximum absolute atomic E-state index is 13.4. The lowest BCUT2D eigenvalue weighted by atomic mass is 10.2. The minimum Gasteiger partial charge on any atom is -0.480 e. The molecular weight excluding hydrogens is 251 g/mol. The molecule has 104 valence electrons. The van der Waals surface area contributed by atoms with Crippen molar-refractivity contribution in [2.24, 2.45) is 0 Å². The molecule has 2 amide bonds. The van der Waals surface area contributed by atoms with Crippen LogP contribution in [0, 0.1) is 5.82 Å². The van der Waals surface area contributed by atoms with Gasteiger partial charge in [0, 0.05) is 19.2 Å². The van der Waals surface area contributed by atoms with E-state index in [9.17, 15) is 14.0 Å². The van der Waals surface area contributed by atoms with E-state index in [0.29, 0.717) is 5.56 Å². The van der Waals surface area contributed by atoms with Gasteiger partial charge < -0.3 is 15.3 Å². The molecule has 1 aromatic carbocycles. The second-order valence-electron chi connectivity index (χ2n) is 4.20. The molecule has 1 aromatic rings. The van der Waals surface area contributed by atoms with Gasteiger partial charge in [-0.2, -0.15) is 0 Å². The summed E-state index contributed by atoms with van der Waals surface area (Å²) in [5.74, 6) is -1.48. The normalized spacial score (nSPS) is 11.7. The van der Waals surface area contributed by atoms with Crippen molar-refractivity contribution in [3.8, 4) is 0 Å². The number of rotatable bonds is 5. The molecule has 0 aliphatic carbocycles. The highest BCUT2D eigenvalue weighted by Crippen LogP contribution is 2.09. The van der Waals surface area contributed by atoms with Crippen LogP contribution >= 0.6 is 0 Å². The molecule has 0 radical (unpaired) electrons. The van der Waals surface area contributed by atoms with E-state index < -0.39 is 23.9 Å². The SMILES string of the molecule is CCC(NC(=O)N(C)Cc1ccccc1F)C(=O)O. The Morgan fingerprint density at radius 3 is 2.58 bits per heavy atom. The molecule has 0 aromatic heterocycles. The molecule has 0 spiro atoms. The van der Waals surface area contributed by atoms with Crippen LogP contribution < -0.4 is 5.32 Å². The molecular formula is C13H17FN2O3. The van der Waals surface area contributed by atoms with Crippen LogP contribution in [0.4, 0.5) is 9.18 Å². The molecule has 0 aliphatic rings. The summed E-state index contributed by atoms with van der Waals surface area (Å²) in [4.78, 5) is 23.8. The molecule has 1 atom stereocenters. The predicted molar refractivity (Wildman–Crippen MR) is 68.1 cm³/mol. The standard InChI is InChI=1S/C13H17FN2O3/c1-3-11(12(17)18)15-13(19)16(2)8-9-6-4-5-7-10(9)14/h4-7,11H,3,8H2,1-2H3,(H,15,19)(H,17,18). The third kappa shape index (κ3) is 4.24. The van der Waals surface area contributed by atoms with Crippen molar-refractivity contribution in [2.75, 3.05) is 7.05 Å². The zero-order valence-electron chi connectivity index (χ0n) is 10.9. The average Bonchev–Trinajstić information content (AvgIpc) is 2.37. The number of urea groups is 1. The van der Waals surface area contributed by atoms with Crippen molar-refractivity contribution >= 4 is 12.0 Å². The largest absolute Gasteiger partial charge is 0.480 e. The first-order valence-corrected chi connectivity index (χ1v) is 5.93. The van der Waals surface area contributed by atoms with Crippen LogP contribution in [0.15, 0.2) is 24.3 Å². The average molecular weight is 268 g/mol. The van der Waals surface area contributed by atoms with Gasteiger partial charge in [0.2, 0.25) is 0 Å². The van der Waals surface area contributed by atoms with Crippen molar-refractivity contribution in [3.05, 3.63) is 35.6 Å². The molecule has 2 N–H and O–H groups in total. The molecule has 0 saturated carbocycles. The van der Waals surface area contributed by atoms with E-state index in [1.807, 2.05) is 0 Å². The number of carbonyl (C=O) groups is 2. The fraction of sp³-hybridized carbons (Fsp3) is 0.385. The van der Waals surface area contributed by atoms with E-state index in [4.69, 9.17) is 5.11 Å². The Labute approximate surface area is 111 Å². The molecule has 0 fully saturated rings. The van der Waals surface area contributed by atoms with Gasteiger partial charge in [0.05, 0.1) is 0 Å². The van der Waals surface area contributed by atoms with Gasteiger partial charge in [-0.25, -0.2) is 14.0 Å². The van der Waals surface area contributed by atoms with Gasteiger partial charge in [-0.1, -0.05) is 25.1 Å². The number of carboxylic acids is 1. The Morgan fingerprint density at radius 2 is 2.05 bits per heavy atom. The van der Waals surface area contributed by atoms with E-state index >= 15 is 0 Å². The molecule has 1 rings (SSSR count). The number of aliphatic carboxylic acids is 1. The number of carbonyl (C=O) groups excluding carboxylic acids is 1. The predicted octanol–water partition coefficient (Wildman–Crippen LogP) is 1.83. The second-order valence-corrected chi connectivity index (χ2v) is 4.20. The lowest BCUT2D eigenvalue weighted by molar-refractivity contribution is -0.139. The van der Waals surface area contributed by atoms with Gasteiger partial charge in [-0.05, 0) is 12.5 Å². The van der Waals surface area contributed by atoms with Crippen molar-refractivity contribution in [1.82, 2.24) is 10.2 Å². The Morgan fingerprint density at radius 1 is 1.42 bits per heavy atom. The fourth-order valence-electron chi connectivity index (χ4n) is 1.55. The van der Waals surface area contributed by atoms with Crippen LogP contribution in [0.1, 0.15) is 18.9 Å². The minimum atomic E-state index is -1.09. The number of carboxylic acid groups (broad SMARTS) is 1. The van der Waals surface area contributed by atoms with Gasteiger partial charge in [0.1, 0.15) is 11.9 Å². The van der Waals surface area contributed by atoms with Crippen molar-refractivity contribution in [1.29, 1.82) is 0 Å². The molecule has 0 aliphatic heterocycles. The highest BCUT2D eigenvalue weighted by atomic mass is 19.1. The first-order valence-electron chi connectivity index (χ1n) is 5.93. The topological polar surface area (TPSA) is 69.6 Å². The molecule has 1 unspecified atom stereocenters. The molecule has 5 nitrogen and oxygen atoms in total. The summed E-state index contributed by atoms with van der Waals surface area (Å²) in [6, 6.07) is 4.65. The van der Waals surface area contributed by atoms with Crippen molar-refractivity contribution in [3.63, 3.8) is 0 Å². The first-order chi connectivity index (χ1) is 8.95. The number of nitrogens with one attached hydrogen (secondary N) is 1. The van der Waals surface area contributed by atoms with Crippen molar-refractivity contribution in [2.45, 2.75) is 25.9 Å². The summed E-state index contributed by atoms with van der Waals surface area (Å²) in [5.41, 5.74) is 0.378. The van der Waals surface area contributed by atoms with E-state index in [1.54, 1.807) is 25.1 Å². The van der Waals surface area contributed by atoms with E-state index in [1.165, 1.54) is 18.0 Å². The lowest BCUT2D eigenvalue weighted by Gasteiger charge is -2.21. The Bertz CT molecular complexity index is 465. The van der Waals surface area contributed by atoms with Crippen LogP contribution in [0.5, 0.6) is 0 Å². The molecule has 0 heterocycles. The van der Waals surface area contributed by atoms with E-state index in [0.717, 1.165) is 0 Å². The highest BCUT2D eigenvalue weighted by molar-refractivity contribution is 5.82. The summed E-state index contributed by atoms with van der Waals surface area (Å²) in [6.07, 6.45) is 0.286. The van der Waals surface area contributed by atoms with Gasteiger partial charge in [0.25, 0.3) is 0 Å². The summed E-state index contributed by atoms with van der Waals surface area (Å²) >= 11 is 0. The Balaban J connectivity index is 2.63. The monoisotopic (exact) mass is 268 g/mol. The summed E-state index contributed by atoms with van der Waals surface area (Å²) in [6.45, 7) is 1.74. The fourth-order valence-corrected chi connectivity index (χ4v) is 1.55. The summed E-state index contributed by atoms with van der Waals surface area (Å²) in [7, 11) is 1.48. The van der Waals surface area contributed by atoms with Gasteiger partial charge >= 0.3 is 12.0 Å². The third-order valence-corrected chi connectivity index (χ3v) is 2.72. The molecule has 6 heteroatoms. The Kier molecular flexibility index (Phi) is 5.29. The first kappa shape index (κ1) is 14.9. The number of nitrogens with zero attached hydrogens (tertiary/aromatic N) is 1. The summed E-state index contributed by atoms with van der Waals surface area (Å²) in [5, 5.41) is 11.2. The van der Waals surface area contributed by atoms with Crippen LogP contribution in [0.25, 0.3) is 0 Å². The van der Waals surface area contributed by atoms with Crippen LogP contribution in [0.3, 0.4) is 0 Å². The van der Waals surface area contributed by atoms with E-state index in [2.05, 4.69) is 5.32 Å². The lowest BCUT2D eigenvalue weighted by Crippen LogP contribution is -2.46. The minimum absolute atomic E-state index is 0.0779. The molecule has 0 bridgehead atoms.